The molecule has 0 aliphatic rings. The van der Waals surface area contributed by atoms with Crippen molar-refractivity contribution in [2.75, 3.05) is 19.6 Å². The molecule has 124 valence electrons. The molecule has 0 saturated heterocycles. The second-order valence-corrected chi connectivity index (χ2v) is 5.04. The van der Waals surface area contributed by atoms with Gasteiger partial charge in [-0.25, -0.2) is 0 Å². The highest BCUT2D eigenvalue weighted by Gasteiger charge is 2.03. The summed E-state index contributed by atoms with van der Waals surface area (Å²) in [7, 11) is 0. The monoisotopic (exact) mass is 418 g/mol. The Morgan fingerprint density at radius 2 is 1.86 bits per heavy atom. The number of carbonyl (C=O) groups excluding carboxylic acids is 1. The van der Waals surface area contributed by atoms with Gasteiger partial charge in [0.05, 0.1) is 0 Å². The fourth-order valence-electron chi connectivity index (χ4n) is 1.76. The van der Waals surface area contributed by atoms with Gasteiger partial charge in [0.25, 0.3) is 5.91 Å². The number of benzene rings is 1. The van der Waals surface area contributed by atoms with Gasteiger partial charge in [0.15, 0.2) is 5.96 Å². The molecule has 5 nitrogen and oxygen atoms in total. The highest BCUT2D eigenvalue weighted by atomic mass is 127. The zero-order valence-electron chi connectivity index (χ0n) is 13.6. The number of amides is 1. The van der Waals surface area contributed by atoms with Gasteiger partial charge >= 0.3 is 0 Å². The van der Waals surface area contributed by atoms with Crippen LogP contribution in [0.4, 0.5) is 0 Å². The van der Waals surface area contributed by atoms with Crippen molar-refractivity contribution in [3.05, 3.63) is 35.9 Å². The van der Waals surface area contributed by atoms with Gasteiger partial charge < -0.3 is 16.0 Å². The number of hydrogen-bond donors (Lipinski definition) is 3. The summed E-state index contributed by atoms with van der Waals surface area (Å²) in [5.41, 5.74) is 0.691. The van der Waals surface area contributed by atoms with Crippen LogP contribution in [0.1, 0.15) is 37.6 Å². The van der Waals surface area contributed by atoms with E-state index in [9.17, 15) is 4.79 Å². The third-order valence-corrected chi connectivity index (χ3v) is 2.70. The second-order valence-electron chi connectivity index (χ2n) is 5.04. The Balaban J connectivity index is 0.00000441. The van der Waals surface area contributed by atoms with Crippen molar-refractivity contribution in [2.45, 2.75) is 33.2 Å². The van der Waals surface area contributed by atoms with Gasteiger partial charge in [0, 0.05) is 31.2 Å². The molecule has 0 bridgehead atoms. The molecule has 0 radical (unpaired) electrons. The van der Waals surface area contributed by atoms with E-state index in [1.54, 1.807) is 0 Å². The van der Waals surface area contributed by atoms with Gasteiger partial charge in [-0.05, 0) is 39.3 Å². The molecule has 0 saturated carbocycles. The summed E-state index contributed by atoms with van der Waals surface area (Å²) >= 11 is 0. The summed E-state index contributed by atoms with van der Waals surface area (Å²) in [5.74, 6) is 0.786. The average Bonchev–Trinajstić information content (AvgIpc) is 2.47. The molecule has 1 aromatic rings. The lowest BCUT2D eigenvalue weighted by Crippen LogP contribution is -2.41. The highest BCUT2D eigenvalue weighted by molar-refractivity contribution is 14.0. The molecular weight excluding hydrogens is 391 g/mol. The van der Waals surface area contributed by atoms with E-state index in [2.05, 4.69) is 34.8 Å². The number of halogens is 1. The van der Waals surface area contributed by atoms with Crippen molar-refractivity contribution in [3.8, 4) is 0 Å². The molecule has 0 aromatic heterocycles. The minimum absolute atomic E-state index is 0. The van der Waals surface area contributed by atoms with E-state index >= 15 is 0 Å². The molecule has 22 heavy (non-hydrogen) atoms. The van der Waals surface area contributed by atoms with Crippen molar-refractivity contribution >= 4 is 35.8 Å². The lowest BCUT2D eigenvalue weighted by molar-refractivity contribution is 0.0953. The third-order valence-electron chi connectivity index (χ3n) is 2.70. The largest absolute Gasteiger partial charge is 0.357 e. The van der Waals surface area contributed by atoms with Crippen molar-refractivity contribution in [1.82, 2.24) is 16.0 Å². The van der Waals surface area contributed by atoms with Crippen molar-refractivity contribution in [3.63, 3.8) is 0 Å². The Hall–Kier alpha value is -1.31. The standard InChI is InChI=1S/C16H26N4O.HI/c1-4-17-16(20-13(2)3)19-12-8-11-18-15(21)14-9-6-5-7-10-14;/h5-7,9-10,13H,4,8,11-12H2,1-3H3,(H,18,21)(H2,17,19,20);1H. The number of guanidine groups is 1. The van der Waals surface area contributed by atoms with Crippen LogP contribution in [-0.4, -0.2) is 37.5 Å². The minimum atomic E-state index is -0.0354. The first-order chi connectivity index (χ1) is 10.1. The fourth-order valence-corrected chi connectivity index (χ4v) is 1.76. The maximum Gasteiger partial charge on any atom is 0.251 e. The van der Waals surface area contributed by atoms with Crippen molar-refractivity contribution < 1.29 is 4.79 Å². The Bertz CT molecular complexity index is 449. The van der Waals surface area contributed by atoms with Gasteiger partial charge in [-0.2, -0.15) is 0 Å². The fraction of sp³-hybridized carbons (Fsp3) is 0.500. The van der Waals surface area contributed by atoms with Gasteiger partial charge in [0.2, 0.25) is 0 Å². The summed E-state index contributed by atoms with van der Waals surface area (Å²) in [5, 5.41) is 9.35. The predicted molar refractivity (Wildman–Crippen MR) is 103 cm³/mol. The quantitative estimate of drug-likeness (QED) is 0.276. The first-order valence-corrected chi connectivity index (χ1v) is 7.51. The van der Waals surface area contributed by atoms with Crippen LogP contribution in [0.25, 0.3) is 0 Å². The van der Waals surface area contributed by atoms with E-state index in [0.717, 1.165) is 18.9 Å². The number of nitrogens with zero attached hydrogens (tertiary/aromatic N) is 1. The number of nitrogens with one attached hydrogen (secondary N) is 3. The van der Waals surface area contributed by atoms with Crippen LogP contribution in [-0.2, 0) is 0 Å². The molecule has 1 aromatic carbocycles. The van der Waals surface area contributed by atoms with Crippen LogP contribution < -0.4 is 16.0 Å². The van der Waals surface area contributed by atoms with Crippen LogP contribution in [0, 0.1) is 0 Å². The Morgan fingerprint density at radius 1 is 1.18 bits per heavy atom. The lowest BCUT2D eigenvalue weighted by Gasteiger charge is -2.13. The number of aliphatic imine (C=N–C) groups is 1. The second kappa shape index (κ2) is 12.3. The van der Waals surface area contributed by atoms with E-state index in [4.69, 9.17) is 0 Å². The smallest absolute Gasteiger partial charge is 0.251 e. The van der Waals surface area contributed by atoms with Crippen molar-refractivity contribution in [1.29, 1.82) is 0 Å². The van der Waals surface area contributed by atoms with E-state index < -0.39 is 0 Å². The van der Waals surface area contributed by atoms with Gasteiger partial charge in [-0.15, -0.1) is 24.0 Å². The lowest BCUT2D eigenvalue weighted by atomic mass is 10.2. The molecule has 6 heteroatoms. The average molecular weight is 418 g/mol. The molecule has 0 unspecified atom stereocenters. The summed E-state index contributed by atoms with van der Waals surface area (Å²) in [6, 6.07) is 9.58. The topological polar surface area (TPSA) is 65.5 Å². The number of hydrogen-bond acceptors (Lipinski definition) is 2. The Kier molecular flexibility index (Phi) is 11.5. The maximum atomic E-state index is 11.8. The number of rotatable bonds is 7. The van der Waals surface area contributed by atoms with Crippen LogP contribution in [0.2, 0.25) is 0 Å². The van der Waals surface area contributed by atoms with E-state index in [1.807, 2.05) is 37.3 Å². The normalized spacial score (nSPS) is 10.8. The molecule has 1 amide bonds. The SMILES string of the molecule is CCNC(=NCCCNC(=O)c1ccccc1)NC(C)C.I. The zero-order valence-corrected chi connectivity index (χ0v) is 15.9. The summed E-state index contributed by atoms with van der Waals surface area (Å²) in [6.07, 6.45) is 0.813. The minimum Gasteiger partial charge on any atom is -0.357 e. The summed E-state index contributed by atoms with van der Waals surface area (Å²) in [6.45, 7) is 8.33. The first-order valence-electron chi connectivity index (χ1n) is 7.51. The maximum absolute atomic E-state index is 11.8. The highest BCUT2D eigenvalue weighted by Crippen LogP contribution is 1.97. The van der Waals surface area contributed by atoms with E-state index in [0.29, 0.717) is 24.7 Å². The first kappa shape index (κ1) is 20.7. The van der Waals surface area contributed by atoms with Gasteiger partial charge in [0.1, 0.15) is 0 Å². The van der Waals surface area contributed by atoms with E-state index in [1.165, 1.54) is 0 Å². The van der Waals surface area contributed by atoms with Crippen LogP contribution in [0.5, 0.6) is 0 Å². The molecular formula is C16H27IN4O. The van der Waals surface area contributed by atoms with Crippen LogP contribution in [0.15, 0.2) is 35.3 Å². The molecule has 0 atom stereocenters. The van der Waals surface area contributed by atoms with Crippen LogP contribution >= 0.6 is 24.0 Å². The predicted octanol–water partition coefficient (Wildman–Crippen LogP) is 2.39. The molecule has 0 aliphatic heterocycles. The zero-order chi connectivity index (χ0) is 15.5. The third kappa shape index (κ3) is 8.86. The molecule has 0 spiro atoms. The van der Waals surface area contributed by atoms with E-state index in [-0.39, 0.29) is 29.9 Å². The van der Waals surface area contributed by atoms with Crippen molar-refractivity contribution in [2.24, 2.45) is 4.99 Å². The Morgan fingerprint density at radius 3 is 2.45 bits per heavy atom. The number of carbonyl (C=O) groups is 1. The molecule has 0 fully saturated rings. The van der Waals surface area contributed by atoms with Gasteiger partial charge in [-0.1, -0.05) is 18.2 Å². The molecule has 1 rings (SSSR count). The molecule has 0 heterocycles. The summed E-state index contributed by atoms with van der Waals surface area (Å²) in [4.78, 5) is 16.3. The summed E-state index contributed by atoms with van der Waals surface area (Å²) < 4.78 is 0. The van der Waals surface area contributed by atoms with Crippen LogP contribution in [0.3, 0.4) is 0 Å². The van der Waals surface area contributed by atoms with Gasteiger partial charge in [-0.3, -0.25) is 9.79 Å². The molecule has 0 aliphatic carbocycles. The molecule has 3 N–H and O–H groups in total. The Labute approximate surface area is 150 Å².